The van der Waals surface area contributed by atoms with Crippen molar-refractivity contribution in [2.75, 3.05) is 6.61 Å². The number of primary amides is 1. The molecule has 0 aliphatic carbocycles. The lowest BCUT2D eigenvalue weighted by Crippen LogP contribution is -2.46. The fraction of sp³-hybridized carbons (Fsp3) is 0.750. The Morgan fingerprint density at radius 2 is 2.31 bits per heavy atom. The Hall–Kier alpha value is -1.10. The van der Waals surface area contributed by atoms with E-state index in [4.69, 9.17) is 10.5 Å². The highest BCUT2D eigenvalue weighted by Crippen LogP contribution is 2.11. The topological polar surface area (TPSA) is 81.4 Å². The Morgan fingerprint density at radius 3 is 2.77 bits per heavy atom. The average Bonchev–Trinajstić information content (AvgIpc) is 2.55. The minimum absolute atomic E-state index is 0.246. The van der Waals surface area contributed by atoms with E-state index in [2.05, 4.69) is 5.32 Å². The first-order valence-electron chi connectivity index (χ1n) is 4.32. The Kier molecular flexibility index (Phi) is 3.25. The molecule has 1 fully saturated rings. The Bertz CT molecular complexity index is 211. The van der Waals surface area contributed by atoms with Crippen LogP contribution in [0, 0.1) is 0 Å². The van der Waals surface area contributed by atoms with Crippen molar-refractivity contribution in [3.8, 4) is 0 Å². The van der Waals surface area contributed by atoms with Gasteiger partial charge in [-0.2, -0.15) is 0 Å². The van der Waals surface area contributed by atoms with E-state index in [0.29, 0.717) is 6.61 Å². The molecular weight excluding hydrogens is 172 g/mol. The molecule has 1 rings (SSSR count). The lowest BCUT2D eigenvalue weighted by molar-refractivity contribution is -0.133. The molecule has 0 aromatic rings. The van der Waals surface area contributed by atoms with Gasteiger partial charge in [-0.3, -0.25) is 9.59 Å². The molecule has 0 bridgehead atoms. The molecule has 1 aliphatic heterocycles. The third-order valence-corrected chi connectivity index (χ3v) is 2.01. The predicted molar refractivity (Wildman–Crippen MR) is 45.8 cm³/mol. The summed E-state index contributed by atoms with van der Waals surface area (Å²) < 4.78 is 5.13. The van der Waals surface area contributed by atoms with Gasteiger partial charge in [0.25, 0.3) is 0 Å². The molecule has 1 aliphatic rings. The van der Waals surface area contributed by atoms with Crippen LogP contribution >= 0.6 is 0 Å². The number of carbonyl (C=O) groups is 2. The molecule has 0 aromatic heterocycles. The molecule has 0 spiro atoms. The molecule has 3 N–H and O–H groups in total. The van der Waals surface area contributed by atoms with Gasteiger partial charge in [0.15, 0.2) is 0 Å². The quantitative estimate of drug-likeness (QED) is 0.602. The van der Waals surface area contributed by atoms with E-state index in [1.807, 2.05) is 0 Å². The van der Waals surface area contributed by atoms with Gasteiger partial charge in [-0.15, -0.1) is 0 Å². The number of nitrogens with two attached hydrogens (primary N) is 1. The van der Waals surface area contributed by atoms with Crippen molar-refractivity contribution in [1.82, 2.24) is 5.32 Å². The molecule has 0 aromatic carbocycles. The summed E-state index contributed by atoms with van der Waals surface area (Å²) in [4.78, 5) is 21.9. The maximum Gasteiger partial charge on any atom is 0.249 e. The van der Waals surface area contributed by atoms with Crippen molar-refractivity contribution in [2.24, 2.45) is 5.73 Å². The summed E-state index contributed by atoms with van der Waals surface area (Å²) in [6, 6.07) is -0.628. The van der Waals surface area contributed by atoms with Crippen LogP contribution in [0.3, 0.4) is 0 Å². The molecule has 1 saturated heterocycles. The zero-order valence-corrected chi connectivity index (χ0v) is 7.58. The molecular formula is C8H14N2O3. The number of ether oxygens (including phenoxy) is 1. The molecule has 1 unspecified atom stereocenters. The zero-order chi connectivity index (χ0) is 9.84. The second kappa shape index (κ2) is 4.23. The number of hydrogen-bond acceptors (Lipinski definition) is 3. The SMILES string of the molecule is C[C@@H](NC(=O)C1CCCO1)C(N)=O. The van der Waals surface area contributed by atoms with E-state index in [1.54, 1.807) is 6.92 Å². The molecule has 5 nitrogen and oxygen atoms in total. The van der Waals surface area contributed by atoms with Crippen LogP contribution in [0.4, 0.5) is 0 Å². The first-order chi connectivity index (χ1) is 6.11. The van der Waals surface area contributed by atoms with Gasteiger partial charge in [-0.25, -0.2) is 0 Å². The fourth-order valence-corrected chi connectivity index (χ4v) is 1.16. The van der Waals surface area contributed by atoms with Gasteiger partial charge in [0.1, 0.15) is 12.1 Å². The van der Waals surface area contributed by atoms with Gasteiger partial charge in [-0.1, -0.05) is 0 Å². The number of amides is 2. The number of carbonyl (C=O) groups excluding carboxylic acids is 2. The van der Waals surface area contributed by atoms with E-state index in [0.717, 1.165) is 12.8 Å². The fourth-order valence-electron chi connectivity index (χ4n) is 1.16. The summed E-state index contributed by atoms with van der Waals surface area (Å²) in [6.45, 7) is 2.16. The molecule has 13 heavy (non-hydrogen) atoms. The highest BCUT2D eigenvalue weighted by atomic mass is 16.5. The van der Waals surface area contributed by atoms with E-state index < -0.39 is 18.1 Å². The van der Waals surface area contributed by atoms with Crippen LogP contribution in [-0.2, 0) is 14.3 Å². The lowest BCUT2D eigenvalue weighted by Gasteiger charge is -2.13. The van der Waals surface area contributed by atoms with Crippen molar-refractivity contribution in [3.05, 3.63) is 0 Å². The zero-order valence-electron chi connectivity index (χ0n) is 7.58. The monoisotopic (exact) mass is 186 g/mol. The first kappa shape index (κ1) is 9.98. The number of hydrogen-bond donors (Lipinski definition) is 2. The summed E-state index contributed by atoms with van der Waals surface area (Å²) in [5, 5.41) is 2.48. The van der Waals surface area contributed by atoms with E-state index >= 15 is 0 Å². The second-order valence-corrected chi connectivity index (χ2v) is 3.13. The molecule has 5 heteroatoms. The van der Waals surface area contributed by atoms with Crippen molar-refractivity contribution < 1.29 is 14.3 Å². The molecule has 1 heterocycles. The van der Waals surface area contributed by atoms with Crippen LogP contribution in [-0.4, -0.2) is 30.6 Å². The van der Waals surface area contributed by atoms with E-state index in [1.165, 1.54) is 0 Å². The smallest absolute Gasteiger partial charge is 0.249 e. The molecule has 2 amide bonds. The summed E-state index contributed by atoms with van der Waals surface area (Å²) in [7, 11) is 0. The standard InChI is InChI=1S/C8H14N2O3/c1-5(7(9)11)10-8(12)6-3-2-4-13-6/h5-6H,2-4H2,1H3,(H2,9,11)(H,10,12)/t5-,6?/m1/s1. The Labute approximate surface area is 76.6 Å². The highest BCUT2D eigenvalue weighted by Gasteiger charge is 2.25. The average molecular weight is 186 g/mol. The summed E-state index contributed by atoms with van der Waals surface area (Å²) >= 11 is 0. The van der Waals surface area contributed by atoms with E-state index in [9.17, 15) is 9.59 Å². The van der Waals surface area contributed by atoms with Gasteiger partial charge < -0.3 is 15.8 Å². The minimum atomic E-state index is -0.628. The second-order valence-electron chi connectivity index (χ2n) is 3.13. The van der Waals surface area contributed by atoms with Crippen LogP contribution in [0.2, 0.25) is 0 Å². The molecule has 0 saturated carbocycles. The maximum absolute atomic E-state index is 11.3. The van der Waals surface area contributed by atoms with Gasteiger partial charge >= 0.3 is 0 Å². The summed E-state index contributed by atoms with van der Waals surface area (Å²) in [6.07, 6.45) is 1.21. The summed E-state index contributed by atoms with van der Waals surface area (Å²) in [5.41, 5.74) is 4.99. The minimum Gasteiger partial charge on any atom is -0.368 e. The Morgan fingerprint density at radius 1 is 1.62 bits per heavy atom. The van der Waals surface area contributed by atoms with Crippen LogP contribution in [0.15, 0.2) is 0 Å². The maximum atomic E-state index is 11.3. The first-order valence-corrected chi connectivity index (χ1v) is 4.32. The largest absolute Gasteiger partial charge is 0.368 e. The van der Waals surface area contributed by atoms with Gasteiger partial charge in [-0.05, 0) is 19.8 Å². The van der Waals surface area contributed by atoms with Crippen LogP contribution < -0.4 is 11.1 Å². The van der Waals surface area contributed by atoms with Crippen LogP contribution in [0.1, 0.15) is 19.8 Å². The lowest BCUT2D eigenvalue weighted by atomic mass is 10.2. The number of rotatable bonds is 3. The third-order valence-electron chi connectivity index (χ3n) is 2.01. The summed E-state index contributed by atoms with van der Waals surface area (Å²) in [5.74, 6) is -0.782. The van der Waals surface area contributed by atoms with Crippen LogP contribution in [0.25, 0.3) is 0 Å². The van der Waals surface area contributed by atoms with Crippen molar-refractivity contribution >= 4 is 11.8 Å². The molecule has 0 radical (unpaired) electrons. The van der Waals surface area contributed by atoms with Gasteiger partial charge in [0.05, 0.1) is 0 Å². The van der Waals surface area contributed by atoms with Gasteiger partial charge in [0.2, 0.25) is 11.8 Å². The Balaban J connectivity index is 2.35. The number of nitrogens with one attached hydrogen (secondary N) is 1. The van der Waals surface area contributed by atoms with Crippen molar-refractivity contribution in [2.45, 2.75) is 31.9 Å². The third kappa shape index (κ3) is 2.69. The highest BCUT2D eigenvalue weighted by molar-refractivity contribution is 5.88. The predicted octanol–water partition coefficient (Wildman–Crippen LogP) is -0.845. The molecule has 74 valence electrons. The molecule has 2 atom stereocenters. The van der Waals surface area contributed by atoms with Gasteiger partial charge in [0, 0.05) is 6.61 Å². The van der Waals surface area contributed by atoms with E-state index in [-0.39, 0.29) is 5.91 Å². The van der Waals surface area contributed by atoms with Crippen LogP contribution in [0.5, 0.6) is 0 Å². The van der Waals surface area contributed by atoms with Crippen molar-refractivity contribution in [1.29, 1.82) is 0 Å². The van der Waals surface area contributed by atoms with Crippen molar-refractivity contribution in [3.63, 3.8) is 0 Å². The normalized spacial score (nSPS) is 23.9.